The van der Waals surface area contributed by atoms with E-state index >= 15 is 0 Å². The Hall–Kier alpha value is -6.17. The molecule has 63 heavy (non-hydrogen) atoms. The second-order valence-electron chi connectivity index (χ2n) is 18.2. The number of imide groups is 1. The Morgan fingerprint density at radius 1 is 0.857 bits per heavy atom. The van der Waals surface area contributed by atoms with Gasteiger partial charge in [0.15, 0.2) is 5.84 Å². The van der Waals surface area contributed by atoms with Crippen LogP contribution in [0.2, 0.25) is 0 Å². The molecular formula is C45H55N5O12S. The second-order valence-corrected chi connectivity index (χ2v) is 19.4. The zero-order valence-corrected chi connectivity index (χ0v) is 38.1. The summed E-state index contributed by atoms with van der Waals surface area (Å²) < 4.78 is 21.6. The van der Waals surface area contributed by atoms with Gasteiger partial charge < -0.3 is 29.2 Å². The third-order valence-electron chi connectivity index (χ3n) is 9.60. The average molecular weight is 890 g/mol. The lowest BCUT2D eigenvalue weighted by molar-refractivity contribution is -0.384. The van der Waals surface area contributed by atoms with E-state index < -0.39 is 57.8 Å². The van der Waals surface area contributed by atoms with Crippen molar-refractivity contribution in [3.8, 4) is 0 Å². The van der Waals surface area contributed by atoms with Crippen LogP contribution in [0.25, 0.3) is 0 Å². The number of aliphatic imine (C=N–C) groups is 1. The highest BCUT2D eigenvalue weighted by molar-refractivity contribution is 7.12. The van der Waals surface area contributed by atoms with Gasteiger partial charge in [-0.15, -0.1) is 11.3 Å². The maximum atomic E-state index is 14.7. The summed E-state index contributed by atoms with van der Waals surface area (Å²) in [6.45, 7) is 16.4. The molecule has 1 N–H and O–H groups in total. The van der Waals surface area contributed by atoms with Gasteiger partial charge in [-0.3, -0.25) is 24.5 Å². The van der Waals surface area contributed by atoms with Crippen molar-refractivity contribution in [2.24, 2.45) is 4.99 Å². The van der Waals surface area contributed by atoms with Crippen molar-refractivity contribution >= 4 is 58.9 Å². The highest BCUT2D eigenvalue weighted by Gasteiger charge is 2.46. The molecule has 5 amide bonds. The molecule has 0 radical (unpaired) electrons. The number of rotatable bonds is 10. The van der Waals surface area contributed by atoms with Crippen molar-refractivity contribution in [1.82, 2.24) is 15.1 Å². The fourth-order valence-corrected chi connectivity index (χ4v) is 8.46. The average Bonchev–Trinajstić information content (AvgIpc) is 3.71. The van der Waals surface area contributed by atoms with Crippen LogP contribution in [0.5, 0.6) is 0 Å². The molecule has 2 aliphatic heterocycles. The van der Waals surface area contributed by atoms with E-state index in [-0.39, 0.29) is 60.2 Å². The summed E-state index contributed by atoms with van der Waals surface area (Å²) in [6, 6.07) is 11.6. The van der Waals surface area contributed by atoms with E-state index in [1.165, 1.54) is 59.9 Å². The van der Waals surface area contributed by atoms with Gasteiger partial charge >= 0.3 is 24.2 Å². The van der Waals surface area contributed by atoms with Gasteiger partial charge in [0.05, 0.1) is 24.0 Å². The van der Waals surface area contributed by atoms with E-state index in [4.69, 9.17) is 18.9 Å². The number of carbonyl (C=O) groups excluding carboxylic acids is 6. The number of hydrogen-bond acceptors (Lipinski definition) is 13. The maximum Gasteiger partial charge on any atom is 0.436 e. The predicted molar refractivity (Wildman–Crippen MR) is 233 cm³/mol. The Labute approximate surface area is 370 Å². The standard InChI is InChI=1S/C45H55N5O12S/c1-11-59-36(51)25-31-24-32-34-21-20-30(23-35(32)63-31)48(34)39(53)33(22-26-12-18-29(19-13-26)50(57)58)46-38(52)28-16-14-27(15-17-28)37(47-40(54)60-43(2,3)4)49(41(55)61-44(5,6)7)42(56)62-45(8,9)10/h12-19,24,30,33-34H,11,20-23,25H2,1-10H3,(H,46,52)/t30?,33-,34?/m0/s1. The van der Waals surface area contributed by atoms with Crippen LogP contribution < -0.4 is 5.32 Å². The second kappa shape index (κ2) is 19.1. The molecule has 338 valence electrons. The first-order valence-corrected chi connectivity index (χ1v) is 21.5. The van der Waals surface area contributed by atoms with E-state index in [9.17, 15) is 38.9 Å². The lowest BCUT2D eigenvalue weighted by atomic mass is 9.97. The van der Waals surface area contributed by atoms with Crippen LogP contribution in [-0.4, -0.2) is 92.1 Å². The molecule has 18 heteroatoms. The zero-order chi connectivity index (χ0) is 46.6. The number of fused-ring (bicyclic) bond motifs is 4. The van der Waals surface area contributed by atoms with Crippen molar-refractivity contribution in [3.63, 3.8) is 0 Å². The number of nitrogens with one attached hydrogen (secondary N) is 1. The minimum atomic E-state index is -1.19. The lowest BCUT2D eigenvalue weighted by Crippen LogP contribution is -2.53. The minimum absolute atomic E-state index is 0.00856. The fraction of sp³-hybridized carbons (Fsp3) is 0.489. The first-order valence-electron chi connectivity index (χ1n) is 20.6. The Bertz CT molecular complexity index is 2240. The summed E-state index contributed by atoms with van der Waals surface area (Å²) in [5.74, 6) is -1.82. The predicted octanol–water partition coefficient (Wildman–Crippen LogP) is 8.25. The lowest BCUT2D eigenvalue weighted by Gasteiger charge is -2.37. The first kappa shape index (κ1) is 47.9. The molecule has 0 spiro atoms. The summed E-state index contributed by atoms with van der Waals surface area (Å²) in [5.41, 5.74) is -1.64. The summed E-state index contributed by atoms with van der Waals surface area (Å²) in [6.07, 6.45) is -1.36. The molecule has 2 aliphatic rings. The topological polar surface area (TPSA) is 213 Å². The Kier molecular flexibility index (Phi) is 14.5. The van der Waals surface area contributed by atoms with Crippen LogP contribution in [0, 0.1) is 10.1 Å². The van der Waals surface area contributed by atoms with E-state index in [1.807, 2.05) is 11.0 Å². The highest BCUT2D eigenvalue weighted by Crippen LogP contribution is 2.47. The SMILES string of the molecule is CCOC(=O)Cc1cc2c(s1)CC1CCC2N1C(=O)[C@H](Cc1ccc([N+](=O)[O-])cc1)NC(=O)c1ccc(C(=NC(=O)OC(C)(C)C)N(C(=O)OC(C)(C)C)C(=O)OC(C)(C)C)cc1. The molecule has 3 heterocycles. The number of benzene rings is 2. The molecule has 2 bridgehead atoms. The molecule has 3 aromatic rings. The van der Waals surface area contributed by atoms with Crippen molar-refractivity contribution in [1.29, 1.82) is 0 Å². The molecule has 2 unspecified atom stereocenters. The van der Waals surface area contributed by atoms with Crippen molar-refractivity contribution < 1.29 is 52.6 Å². The summed E-state index contributed by atoms with van der Waals surface area (Å²) in [7, 11) is 0. The van der Waals surface area contributed by atoms with Crippen LogP contribution in [0.3, 0.4) is 0 Å². The molecule has 1 saturated heterocycles. The Morgan fingerprint density at radius 2 is 1.43 bits per heavy atom. The van der Waals surface area contributed by atoms with Gasteiger partial charge in [-0.05, 0) is 111 Å². The quantitative estimate of drug-likeness (QED) is 0.0509. The number of esters is 1. The number of carbonyl (C=O) groups is 6. The number of non-ortho nitro benzene ring substituents is 1. The van der Waals surface area contributed by atoms with Crippen LogP contribution in [0.4, 0.5) is 20.1 Å². The van der Waals surface area contributed by atoms with Crippen molar-refractivity contribution in [3.05, 3.63) is 96.7 Å². The summed E-state index contributed by atoms with van der Waals surface area (Å²) >= 11 is 1.54. The normalized spacial score (nSPS) is 16.6. The van der Waals surface area contributed by atoms with Crippen LogP contribution in [-0.2, 0) is 47.8 Å². The molecule has 0 aliphatic carbocycles. The first-order chi connectivity index (χ1) is 29.3. The van der Waals surface area contributed by atoms with E-state index in [1.54, 1.807) is 69.2 Å². The molecule has 5 rings (SSSR count). The Morgan fingerprint density at radius 3 is 1.97 bits per heavy atom. The fourth-order valence-electron chi connectivity index (χ4n) is 7.18. The molecule has 0 saturated carbocycles. The van der Waals surface area contributed by atoms with Gasteiger partial charge in [0, 0.05) is 51.9 Å². The smallest absolute Gasteiger partial charge is 0.436 e. The number of nitrogens with zero attached hydrogens (tertiary/aromatic N) is 4. The van der Waals surface area contributed by atoms with E-state index in [0.29, 0.717) is 23.3 Å². The van der Waals surface area contributed by atoms with Gasteiger partial charge in [-0.2, -0.15) is 9.89 Å². The van der Waals surface area contributed by atoms with Gasteiger partial charge in [0.25, 0.3) is 11.6 Å². The third-order valence-corrected chi connectivity index (χ3v) is 10.8. The monoisotopic (exact) mass is 889 g/mol. The third kappa shape index (κ3) is 12.7. The number of thiophene rings is 1. The maximum absolute atomic E-state index is 14.7. The van der Waals surface area contributed by atoms with Gasteiger partial charge in [0.1, 0.15) is 22.8 Å². The highest BCUT2D eigenvalue weighted by atomic mass is 32.1. The van der Waals surface area contributed by atoms with Crippen LogP contribution in [0.15, 0.2) is 59.6 Å². The van der Waals surface area contributed by atoms with Crippen LogP contribution >= 0.6 is 11.3 Å². The number of nitro benzene ring substituents is 1. The van der Waals surface area contributed by atoms with Crippen LogP contribution in [0.1, 0.15) is 125 Å². The Balaban J connectivity index is 1.48. The van der Waals surface area contributed by atoms with Gasteiger partial charge in [-0.25, -0.2) is 14.4 Å². The molecule has 1 aromatic heterocycles. The van der Waals surface area contributed by atoms with E-state index in [2.05, 4.69) is 10.3 Å². The molecule has 1 fully saturated rings. The number of amides is 5. The molecule has 3 atom stereocenters. The number of amidine groups is 1. The number of ether oxygens (including phenoxy) is 4. The summed E-state index contributed by atoms with van der Waals surface area (Å²) in [4.78, 5) is 101. The molecule has 17 nitrogen and oxygen atoms in total. The molecular weight excluding hydrogens is 835 g/mol. The molecule has 2 aromatic carbocycles. The van der Waals surface area contributed by atoms with Crippen molar-refractivity contribution in [2.75, 3.05) is 6.61 Å². The van der Waals surface area contributed by atoms with Gasteiger partial charge in [-0.1, -0.05) is 24.3 Å². The van der Waals surface area contributed by atoms with E-state index in [0.717, 1.165) is 21.7 Å². The van der Waals surface area contributed by atoms with Crippen molar-refractivity contribution in [2.45, 2.75) is 136 Å². The van der Waals surface area contributed by atoms with Gasteiger partial charge in [0.2, 0.25) is 5.91 Å². The largest absolute Gasteiger partial charge is 0.466 e. The summed E-state index contributed by atoms with van der Waals surface area (Å²) in [5, 5.41) is 14.3. The minimum Gasteiger partial charge on any atom is -0.466 e. The number of nitro groups is 1. The zero-order valence-electron chi connectivity index (χ0n) is 37.3. The number of hydrogen-bond donors (Lipinski definition) is 1.